The topological polar surface area (TPSA) is 0 Å². The van der Waals surface area contributed by atoms with Crippen LogP contribution in [0, 0.1) is 6.58 Å². The third-order valence-corrected chi connectivity index (χ3v) is 0.136. The molecular weight excluding hydrogens is 61.9 g/mol. The Morgan fingerprint density at radius 1 is 1.33 bits per heavy atom. The van der Waals surface area contributed by atoms with Gasteiger partial charge in [-0.25, -0.2) is 0 Å². The molecule has 0 atom stereocenters. The summed E-state index contributed by atoms with van der Waals surface area (Å²) < 4.78 is 0. The van der Waals surface area contributed by atoms with Crippen LogP contribution in [-0.4, -0.2) is 37.7 Å². The van der Waals surface area contributed by atoms with E-state index in [4.69, 9.17) is 6.58 Å². The predicted octanol–water partition coefficient (Wildman–Crippen LogP) is -0.135. The molecule has 6 heavy (non-hydrogen) atoms. The number of hydrogen-bond donors (Lipinski definition) is 0. The van der Waals surface area contributed by atoms with Crippen LogP contribution in [0.1, 0.15) is 0 Å². The van der Waals surface area contributed by atoms with Crippen LogP contribution in [-0.2, 0) is 0 Å². The summed E-state index contributed by atoms with van der Waals surface area (Å²) in [7, 11) is 0. The maximum absolute atomic E-state index is 4.78. The summed E-state index contributed by atoms with van der Waals surface area (Å²) in [5.74, 6) is 0. The molecular formula is C4H7Li2. The Labute approximate surface area is 63.1 Å². The van der Waals surface area contributed by atoms with E-state index in [2.05, 4.69) is 6.58 Å². The second-order valence-electron chi connectivity index (χ2n) is 0.428. The first kappa shape index (κ1) is 15.9. The van der Waals surface area contributed by atoms with Crippen LogP contribution < -0.4 is 0 Å². The fourth-order valence-corrected chi connectivity index (χ4v) is 0. The van der Waals surface area contributed by atoms with Gasteiger partial charge in [0.15, 0.2) is 0 Å². The van der Waals surface area contributed by atoms with Crippen molar-refractivity contribution in [2.45, 2.75) is 0 Å². The Bertz CT molecular complexity index is 26.5. The van der Waals surface area contributed by atoms with E-state index >= 15 is 0 Å². The third kappa shape index (κ3) is 22.5. The van der Waals surface area contributed by atoms with Gasteiger partial charge in [-0.3, -0.25) is 0 Å². The molecule has 25 valence electrons. The van der Waals surface area contributed by atoms with Crippen LogP contribution in [0.2, 0.25) is 0 Å². The van der Waals surface area contributed by atoms with Crippen molar-refractivity contribution < 1.29 is 0 Å². The van der Waals surface area contributed by atoms with Gasteiger partial charge in [-0.05, 0) is 0 Å². The summed E-state index contributed by atoms with van der Waals surface area (Å²) in [5.41, 5.74) is 0. The molecule has 2 heteroatoms. The molecule has 1 radical (unpaired) electrons. The molecule has 0 aromatic heterocycles. The SMILES string of the molecule is [CH]=CC=C.[LiH].[LiH]. The van der Waals surface area contributed by atoms with Gasteiger partial charge in [0.2, 0.25) is 0 Å². The van der Waals surface area contributed by atoms with E-state index in [1.54, 1.807) is 0 Å². The average molecular weight is 69.0 g/mol. The molecule has 0 aliphatic heterocycles. The molecule has 0 aliphatic rings. The number of allylic oxidation sites excluding steroid dienone is 2. The van der Waals surface area contributed by atoms with Gasteiger partial charge in [0.25, 0.3) is 0 Å². The van der Waals surface area contributed by atoms with Gasteiger partial charge in [-0.2, -0.15) is 0 Å². The van der Waals surface area contributed by atoms with E-state index in [9.17, 15) is 0 Å². The average Bonchev–Trinajstić information content (AvgIpc) is 1.37. The van der Waals surface area contributed by atoms with Crippen LogP contribution in [0.25, 0.3) is 0 Å². The van der Waals surface area contributed by atoms with E-state index < -0.39 is 0 Å². The van der Waals surface area contributed by atoms with E-state index in [0.717, 1.165) is 0 Å². The summed E-state index contributed by atoms with van der Waals surface area (Å²) in [6, 6.07) is 0. The van der Waals surface area contributed by atoms with Gasteiger partial charge in [0.1, 0.15) is 0 Å². The molecule has 0 aliphatic carbocycles. The van der Waals surface area contributed by atoms with Crippen LogP contribution in [0.15, 0.2) is 18.7 Å². The molecule has 0 N–H and O–H groups in total. The Hall–Kier alpha value is 0.675. The van der Waals surface area contributed by atoms with E-state index in [1.165, 1.54) is 12.2 Å². The standard InChI is InChI=1S/C4H5.2Li.2H/c1-3-4-2;;;;/h1,3-4H,2H2;;;;. The zero-order chi connectivity index (χ0) is 3.41. The van der Waals surface area contributed by atoms with Crippen molar-refractivity contribution in [1.29, 1.82) is 0 Å². The van der Waals surface area contributed by atoms with Crippen LogP contribution in [0.3, 0.4) is 0 Å². The van der Waals surface area contributed by atoms with Crippen molar-refractivity contribution in [2.24, 2.45) is 0 Å². The molecule has 0 bridgehead atoms. The van der Waals surface area contributed by atoms with Gasteiger partial charge in [-0.15, -0.1) is 0 Å². The van der Waals surface area contributed by atoms with Crippen LogP contribution in [0.5, 0.6) is 0 Å². The number of rotatable bonds is 1. The summed E-state index contributed by atoms with van der Waals surface area (Å²) in [6.45, 7) is 8.08. The molecule has 0 fully saturated rings. The Morgan fingerprint density at radius 2 is 1.50 bits per heavy atom. The Morgan fingerprint density at radius 3 is 1.50 bits per heavy atom. The molecule has 0 amide bonds. The maximum atomic E-state index is 4.78. The molecule has 0 heterocycles. The Balaban J connectivity index is -0.0000000450. The summed E-state index contributed by atoms with van der Waals surface area (Å²) >= 11 is 0. The molecule has 0 rings (SSSR count). The molecule has 0 unspecified atom stereocenters. The molecule has 0 nitrogen and oxygen atoms in total. The molecule has 0 saturated heterocycles. The number of hydrogen-bond acceptors (Lipinski definition) is 0. The minimum atomic E-state index is 0. The molecule has 0 spiro atoms. The molecule has 0 aromatic rings. The van der Waals surface area contributed by atoms with E-state index in [-0.39, 0.29) is 37.7 Å². The summed E-state index contributed by atoms with van der Waals surface area (Å²) in [6.07, 6.45) is 2.92. The van der Waals surface area contributed by atoms with Gasteiger partial charge in [0.05, 0.1) is 0 Å². The van der Waals surface area contributed by atoms with Gasteiger partial charge in [0, 0.05) is 0 Å². The molecule has 0 saturated carbocycles. The predicted molar refractivity (Wildman–Crippen MR) is 33.4 cm³/mol. The fraction of sp³-hybridized carbons (Fsp3) is 0. The van der Waals surface area contributed by atoms with Gasteiger partial charge >= 0.3 is 37.7 Å². The monoisotopic (exact) mass is 69.1 g/mol. The first-order chi connectivity index (χ1) is 1.91. The van der Waals surface area contributed by atoms with Crippen molar-refractivity contribution in [3.63, 3.8) is 0 Å². The first-order valence-electron chi connectivity index (χ1n) is 1.07. The third-order valence-electron chi connectivity index (χ3n) is 0.136. The summed E-state index contributed by atoms with van der Waals surface area (Å²) in [5, 5.41) is 0. The van der Waals surface area contributed by atoms with Crippen LogP contribution in [0.4, 0.5) is 0 Å². The fourth-order valence-electron chi connectivity index (χ4n) is 0. The van der Waals surface area contributed by atoms with E-state index in [1.807, 2.05) is 0 Å². The second-order valence-corrected chi connectivity index (χ2v) is 0.428. The zero-order valence-corrected chi connectivity index (χ0v) is 2.44. The van der Waals surface area contributed by atoms with Crippen molar-refractivity contribution in [3.05, 3.63) is 25.3 Å². The molecule has 0 aromatic carbocycles. The van der Waals surface area contributed by atoms with Crippen LogP contribution >= 0.6 is 0 Å². The second kappa shape index (κ2) is 17.3. The zero-order valence-electron chi connectivity index (χ0n) is 2.44. The van der Waals surface area contributed by atoms with Crippen molar-refractivity contribution >= 4 is 37.7 Å². The quantitative estimate of drug-likeness (QED) is 0.297. The first-order valence-corrected chi connectivity index (χ1v) is 1.07. The van der Waals surface area contributed by atoms with Crippen molar-refractivity contribution in [2.75, 3.05) is 0 Å². The normalized spacial score (nSPS) is 3.33. The summed E-state index contributed by atoms with van der Waals surface area (Å²) in [4.78, 5) is 0. The van der Waals surface area contributed by atoms with Gasteiger partial charge in [-0.1, -0.05) is 25.3 Å². The van der Waals surface area contributed by atoms with Crippen molar-refractivity contribution in [3.8, 4) is 0 Å². The van der Waals surface area contributed by atoms with Gasteiger partial charge < -0.3 is 0 Å². The minimum absolute atomic E-state index is 0. The van der Waals surface area contributed by atoms with Crippen molar-refractivity contribution in [1.82, 2.24) is 0 Å². The Kier molecular flexibility index (Phi) is 46.0. The van der Waals surface area contributed by atoms with E-state index in [0.29, 0.717) is 0 Å².